The molecule has 1 aliphatic rings. The lowest BCUT2D eigenvalue weighted by atomic mass is 10.1. The number of nitrogens with zero attached hydrogens (tertiary/aromatic N) is 3. The van der Waals surface area contributed by atoms with Crippen molar-refractivity contribution in [3.63, 3.8) is 0 Å². The smallest absolute Gasteiger partial charge is 0.234 e. The van der Waals surface area contributed by atoms with Gasteiger partial charge in [-0.15, -0.1) is 22.7 Å². The molecule has 2 aromatic heterocycles. The zero-order valence-corrected chi connectivity index (χ0v) is 18.4. The second-order valence-corrected chi connectivity index (χ2v) is 10.2. The van der Waals surface area contributed by atoms with E-state index in [9.17, 15) is 4.79 Å². The number of thiophene rings is 1. The average molecular weight is 407 g/mol. The van der Waals surface area contributed by atoms with Crippen LogP contribution in [-0.2, 0) is 17.8 Å². The first-order valence-corrected chi connectivity index (χ1v) is 11.3. The molecule has 27 heavy (non-hydrogen) atoms. The quantitative estimate of drug-likeness (QED) is 0.798. The van der Waals surface area contributed by atoms with E-state index in [0.717, 1.165) is 44.8 Å². The summed E-state index contributed by atoms with van der Waals surface area (Å²) in [5.74, 6) is 0.114. The van der Waals surface area contributed by atoms with Gasteiger partial charge in [0, 0.05) is 42.0 Å². The summed E-state index contributed by atoms with van der Waals surface area (Å²) in [6.45, 7) is 13.5. The third kappa shape index (κ3) is 6.10. The molecule has 3 heterocycles. The van der Waals surface area contributed by atoms with Crippen LogP contribution in [0.25, 0.3) is 10.6 Å². The fourth-order valence-corrected chi connectivity index (χ4v) is 4.98. The number of amides is 1. The summed E-state index contributed by atoms with van der Waals surface area (Å²) in [5.41, 5.74) is 0.944. The number of nitrogens with one attached hydrogen (secondary N) is 1. The third-order valence-electron chi connectivity index (χ3n) is 4.52. The molecule has 2 aromatic rings. The van der Waals surface area contributed by atoms with Crippen molar-refractivity contribution >= 4 is 28.6 Å². The van der Waals surface area contributed by atoms with Crippen molar-refractivity contribution in [1.82, 2.24) is 20.1 Å². The Morgan fingerprint density at radius 3 is 2.52 bits per heavy atom. The number of carbonyl (C=O) groups excluding carboxylic acids is 1. The molecule has 1 aliphatic heterocycles. The Labute approximate surface area is 170 Å². The fraction of sp³-hybridized carbons (Fsp3) is 0.600. The van der Waals surface area contributed by atoms with E-state index in [4.69, 9.17) is 4.98 Å². The minimum atomic E-state index is -0.165. The zero-order chi connectivity index (χ0) is 19.4. The van der Waals surface area contributed by atoms with E-state index >= 15 is 0 Å². The van der Waals surface area contributed by atoms with Gasteiger partial charge in [-0.25, -0.2) is 4.98 Å². The molecule has 1 fully saturated rings. The summed E-state index contributed by atoms with van der Waals surface area (Å²) in [5, 5.41) is 6.39. The van der Waals surface area contributed by atoms with Gasteiger partial charge in [-0.2, -0.15) is 0 Å². The summed E-state index contributed by atoms with van der Waals surface area (Å²) < 4.78 is 0. The topological polar surface area (TPSA) is 48.5 Å². The number of thiazole rings is 1. The van der Waals surface area contributed by atoms with Crippen molar-refractivity contribution in [3.05, 3.63) is 27.4 Å². The Kier molecular flexibility index (Phi) is 6.68. The van der Waals surface area contributed by atoms with Gasteiger partial charge >= 0.3 is 0 Å². The van der Waals surface area contributed by atoms with Crippen molar-refractivity contribution in [2.24, 2.45) is 0 Å². The van der Waals surface area contributed by atoms with Crippen LogP contribution >= 0.6 is 22.7 Å². The van der Waals surface area contributed by atoms with Crippen molar-refractivity contribution in [2.75, 3.05) is 32.7 Å². The van der Waals surface area contributed by atoms with Crippen LogP contribution in [0.2, 0.25) is 0 Å². The van der Waals surface area contributed by atoms with Crippen LogP contribution in [0.5, 0.6) is 0 Å². The molecule has 0 bridgehead atoms. The molecular weight excluding hydrogens is 376 g/mol. The number of carbonyl (C=O) groups is 1. The summed E-state index contributed by atoms with van der Waals surface area (Å²) >= 11 is 3.59. The molecule has 1 amide bonds. The fourth-order valence-electron chi connectivity index (χ4n) is 3.16. The van der Waals surface area contributed by atoms with Crippen LogP contribution in [0.4, 0.5) is 0 Å². The minimum absolute atomic E-state index is 0.114. The number of rotatable bonds is 6. The van der Waals surface area contributed by atoms with E-state index in [0.29, 0.717) is 6.54 Å². The van der Waals surface area contributed by atoms with E-state index in [2.05, 4.69) is 39.6 Å². The first-order chi connectivity index (χ1) is 12.8. The summed E-state index contributed by atoms with van der Waals surface area (Å²) in [6.07, 6.45) is 1.08. The number of hydrogen-bond acceptors (Lipinski definition) is 6. The third-order valence-corrected chi connectivity index (χ3v) is 6.61. The number of hydrogen-bond donors (Lipinski definition) is 1. The highest BCUT2D eigenvalue weighted by Gasteiger charge is 2.22. The molecule has 3 rings (SSSR count). The Morgan fingerprint density at radius 2 is 1.89 bits per heavy atom. The predicted octanol–water partition coefficient (Wildman–Crippen LogP) is 3.47. The highest BCUT2D eigenvalue weighted by Crippen LogP contribution is 2.29. The van der Waals surface area contributed by atoms with Gasteiger partial charge in [0.15, 0.2) is 0 Å². The Balaban J connectivity index is 1.46. The molecule has 148 valence electrons. The van der Waals surface area contributed by atoms with Crippen LogP contribution in [0.3, 0.4) is 0 Å². The van der Waals surface area contributed by atoms with E-state index < -0.39 is 0 Å². The van der Waals surface area contributed by atoms with Crippen LogP contribution in [0.15, 0.2) is 17.5 Å². The van der Waals surface area contributed by atoms with E-state index in [1.807, 2.05) is 32.1 Å². The maximum absolute atomic E-state index is 12.1. The molecule has 0 saturated carbocycles. The molecule has 7 heteroatoms. The lowest BCUT2D eigenvalue weighted by Crippen LogP contribution is -2.51. The zero-order valence-electron chi connectivity index (χ0n) is 16.7. The van der Waals surface area contributed by atoms with Crippen molar-refractivity contribution in [3.8, 4) is 10.6 Å². The molecule has 5 nitrogen and oxygen atoms in total. The standard InChI is InChI=1S/C20H30N4OS2/c1-5-15-6-7-17(27-15)16-14-26-19(21-16)13-24-10-8-23(9-11-24)12-18(25)22-20(2,3)4/h6-7,14H,5,8-13H2,1-4H3,(H,22,25). The number of aryl methyl sites for hydroxylation is 1. The first-order valence-electron chi connectivity index (χ1n) is 9.61. The Bertz CT molecular complexity index is 754. The lowest BCUT2D eigenvalue weighted by molar-refractivity contribution is -0.124. The van der Waals surface area contributed by atoms with Gasteiger partial charge in [-0.1, -0.05) is 6.92 Å². The van der Waals surface area contributed by atoms with Crippen molar-refractivity contribution < 1.29 is 4.79 Å². The normalized spacial score (nSPS) is 16.6. The first kappa shape index (κ1) is 20.5. The predicted molar refractivity (Wildman–Crippen MR) is 114 cm³/mol. The molecule has 0 unspecified atom stereocenters. The molecule has 1 saturated heterocycles. The van der Waals surface area contributed by atoms with Crippen LogP contribution in [0.1, 0.15) is 37.6 Å². The van der Waals surface area contributed by atoms with Gasteiger partial charge in [0.25, 0.3) is 0 Å². The Morgan fingerprint density at radius 1 is 1.19 bits per heavy atom. The van der Waals surface area contributed by atoms with E-state index in [1.54, 1.807) is 11.3 Å². The number of piperazine rings is 1. The maximum atomic E-state index is 12.1. The lowest BCUT2D eigenvalue weighted by Gasteiger charge is -2.34. The van der Waals surface area contributed by atoms with E-state index in [-0.39, 0.29) is 11.4 Å². The van der Waals surface area contributed by atoms with Gasteiger partial charge in [0.2, 0.25) is 5.91 Å². The molecule has 0 aliphatic carbocycles. The van der Waals surface area contributed by atoms with Crippen molar-refractivity contribution in [1.29, 1.82) is 0 Å². The highest BCUT2D eigenvalue weighted by molar-refractivity contribution is 7.16. The monoisotopic (exact) mass is 406 g/mol. The molecule has 0 aromatic carbocycles. The highest BCUT2D eigenvalue weighted by atomic mass is 32.1. The SMILES string of the molecule is CCc1ccc(-c2csc(CN3CCN(CC(=O)NC(C)(C)C)CC3)n2)s1. The van der Waals surface area contributed by atoms with Gasteiger partial charge in [0.1, 0.15) is 5.01 Å². The second-order valence-electron chi connectivity index (χ2n) is 8.10. The molecular formula is C20H30N4OS2. The summed E-state index contributed by atoms with van der Waals surface area (Å²) in [7, 11) is 0. The van der Waals surface area contributed by atoms with Crippen LogP contribution in [-0.4, -0.2) is 59.0 Å². The van der Waals surface area contributed by atoms with Gasteiger partial charge in [0.05, 0.1) is 23.7 Å². The van der Waals surface area contributed by atoms with Crippen molar-refractivity contribution in [2.45, 2.75) is 46.2 Å². The largest absolute Gasteiger partial charge is 0.350 e. The van der Waals surface area contributed by atoms with Gasteiger partial charge < -0.3 is 5.32 Å². The molecule has 0 atom stereocenters. The summed E-state index contributed by atoms with van der Waals surface area (Å²) in [4.78, 5) is 24.3. The average Bonchev–Trinajstić information content (AvgIpc) is 3.23. The second kappa shape index (κ2) is 8.82. The van der Waals surface area contributed by atoms with Gasteiger partial charge in [-0.05, 0) is 39.3 Å². The van der Waals surface area contributed by atoms with Crippen LogP contribution < -0.4 is 5.32 Å². The van der Waals surface area contributed by atoms with Crippen LogP contribution in [0, 0.1) is 0 Å². The van der Waals surface area contributed by atoms with E-state index in [1.165, 1.54) is 14.8 Å². The number of aromatic nitrogens is 1. The molecule has 0 radical (unpaired) electrons. The maximum Gasteiger partial charge on any atom is 0.234 e. The molecule has 0 spiro atoms. The Hall–Kier alpha value is -1.28. The molecule has 1 N–H and O–H groups in total. The van der Waals surface area contributed by atoms with Gasteiger partial charge in [-0.3, -0.25) is 14.6 Å². The minimum Gasteiger partial charge on any atom is -0.350 e. The summed E-state index contributed by atoms with van der Waals surface area (Å²) in [6, 6.07) is 4.39.